The molecule has 1 saturated heterocycles. The predicted molar refractivity (Wildman–Crippen MR) is 92.0 cm³/mol. The molecule has 0 aromatic heterocycles. The smallest absolute Gasteiger partial charge is 0.333 e. The molecule has 1 aromatic carbocycles. The van der Waals surface area contributed by atoms with Crippen LogP contribution in [0, 0.1) is 0 Å². The number of thioether (sulfide) groups is 1. The first-order valence-corrected chi connectivity index (χ1v) is 8.75. The molecule has 1 heterocycles. The first kappa shape index (κ1) is 17.7. The van der Waals surface area contributed by atoms with Crippen molar-refractivity contribution in [2.24, 2.45) is 0 Å². The summed E-state index contributed by atoms with van der Waals surface area (Å²) >= 11 is 4.56. The Bertz CT molecular complexity index is 657. The van der Waals surface area contributed by atoms with Gasteiger partial charge in [0.15, 0.2) is 5.78 Å². The summed E-state index contributed by atoms with van der Waals surface area (Å²) in [4.78, 5) is 37.5. The third-order valence-electron chi connectivity index (χ3n) is 3.17. The topological polar surface area (TPSA) is 63.7 Å². The van der Waals surface area contributed by atoms with Gasteiger partial charge in [-0.3, -0.25) is 14.5 Å². The minimum absolute atomic E-state index is 0.0942. The number of hydrogen-bond acceptors (Lipinski definition) is 5. The number of carbonyl (C=O) groups is 3. The summed E-state index contributed by atoms with van der Waals surface area (Å²) in [6.45, 7) is 3.62. The van der Waals surface area contributed by atoms with E-state index in [1.165, 1.54) is 22.7 Å². The van der Waals surface area contributed by atoms with Crippen LogP contribution in [0.5, 0.6) is 0 Å². The molecule has 1 aliphatic heterocycles. The standard InChI is InChI=1S/C16H16BrNO4S/c1-3-22-15(20)8-14-18(16(21)10(2)23-14)9-13(19)11-4-6-12(17)7-5-11/h4-8,10H,3,9H2,1-2H3/b14-8-/t10-/m1/s1. The molecule has 1 amide bonds. The van der Waals surface area contributed by atoms with E-state index in [1.54, 1.807) is 38.1 Å². The van der Waals surface area contributed by atoms with Crippen molar-refractivity contribution in [3.05, 3.63) is 45.4 Å². The monoisotopic (exact) mass is 397 g/mol. The summed E-state index contributed by atoms with van der Waals surface area (Å²) in [6.07, 6.45) is 1.27. The Labute approximate surface area is 147 Å². The van der Waals surface area contributed by atoms with E-state index in [-0.39, 0.29) is 30.1 Å². The number of carbonyl (C=O) groups excluding carboxylic acids is 3. The molecule has 1 fully saturated rings. The lowest BCUT2D eigenvalue weighted by Gasteiger charge is -2.16. The van der Waals surface area contributed by atoms with Crippen LogP contribution in [-0.4, -0.2) is 41.0 Å². The van der Waals surface area contributed by atoms with Crippen LogP contribution in [0.2, 0.25) is 0 Å². The van der Waals surface area contributed by atoms with Gasteiger partial charge in [-0.05, 0) is 26.0 Å². The fourth-order valence-electron chi connectivity index (χ4n) is 2.05. The summed E-state index contributed by atoms with van der Waals surface area (Å²) in [5.41, 5.74) is 0.515. The SMILES string of the molecule is CCOC(=O)/C=C1\S[C@H](C)C(=O)N1CC(=O)c1ccc(Br)cc1. The van der Waals surface area contributed by atoms with Crippen molar-refractivity contribution >= 4 is 45.4 Å². The van der Waals surface area contributed by atoms with Crippen molar-refractivity contribution in [3.8, 4) is 0 Å². The molecule has 0 unspecified atom stereocenters. The number of amides is 1. The number of rotatable bonds is 5. The van der Waals surface area contributed by atoms with Crippen molar-refractivity contribution in [2.75, 3.05) is 13.2 Å². The van der Waals surface area contributed by atoms with Crippen LogP contribution in [-0.2, 0) is 14.3 Å². The molecule has 0 radical (unpaired) electrons. The zero-order valence-electron chi connectivity index (χ0n) is 12.7. The summed E-state index contributed by atoms with van der Waals surface area (Å²) < 4.78 is 5.74. The minimum atomic E-state index is -0.516. The van der Waals surface area contributed by atoms with E-state index < -0.39 is 5.97 Å². The number of nitrogens with zero attached hydrogens (tertiary/aromatic N) is 1. The number of ether oxygens (including phenoxy) is 1. The molecule has 1 aliphatic rings. The molecule has 1 aromatic rings. The molecular weight excluding hydrogens is 382 g/mol. The van der Waals surface area contributed by atoms with E-state index in [0.29, 0.717) is 10.6 Å². The molecule has 0 N–H and O–H groups in total. The van der Waals surface area contributed by atoms with Crippen LogP contribution >= 0.6 is 27.7 Å². The average molecular weight is 398 g/mol. The second-order valence-electron chi connectivity index (χ2n) is 4.85. The molecule has 0 spiro atoms. The lowest BCUT2D eigenvalue weighted by Crippen LogP contribution is -2.33. The van der Waals surface area contributed by atoms with Gasteiger partial charge in [-0.2, -0.15) is 0 Å². The molecule has 0 bridgehead atoms. The Morgan fingerprint density at radius 3 is 2.61 bits per heavy atom. The van der Waals surface area contributed by atoms with Gasteiger partial charge < -0.3 is 4.74 Å². The zero-order valence-corrected chi connectivity index (χ0v) is 15.1. The van der Waals surface area contributed by atoms with Crippen LogP contribution in [0.25, 0.3) is 0 Å². The summed E-state index contributed by atoms with van der Waals surface area (Å²) in [7, 11) is 0. The predicted octanol–water partition coefficient (Wildman–Crippen LogP) is 3.00. The summed E-state index contributed by atoms with van der Waals surface area (Å²) in [5, 5.41) is 0.125. The molecule has 5 nitrogen and oxygen atoms in total. The van der Waals surface area contributed by atoms with Crippen LogP contribution in [0.15, 0.2) is 39.8 Å². The summed E-state index contributed by atoms with van der Waals surface area (Å²) in [6, 6.07) is 6.92. The zero-order chi connectivity index (χ0) is 17.0. The molecular formula is C16H16BrNO4S. The third kappa shape index (κ3) is 4.45. The fraction of sp³-hybridized carbons (Fsp3) is 0.312. The van der Waals surface area contributed by atoms with Crippen molar-refractivity contribution in [3.63, 3.8) is 0 Å². The second-order valence-corrected chi connectivity index (χ2v) is 7.13. The van der Waals surface area contributed by atoms with E-state index in [1.807, 2.05) is 0 Å². The lowest BCUT2D eigenvalue weighted by molar-refractivity contribution is -0.137. The van der Waals surface area contributed by atoms with E-state index in [4.69, 9.17) is 4.74 Å². The van der Waals surface area contributed by atoms with Gasteiger partial charge in [-0.15, -0.1) is 0 Å². The maximum absolute atomic E-state index is 12.4. The highest BCUT2D eigenvalue weighted by molar-refractivity contribution is 9.10. The number of esters is 1. The molecule has 122 valence electrons. The largest absolute Gasteiger partial charge is 0.463 e. The maximum atomic E-state index is 12.4. The Kier molecular flexibility index (Phi) is 6.01. The lowest BCUT2D eigenvalue weighted by atomic mass is 10.1. The van der Waals surface area contributed by atoms with Gasteiger partial charge in [0.2, 0.25) is 5.91 Å². The van der Waals surface area contributed by atoms with Crippen LogP contribution in [0.3, 0.4) is 0 Å². The Balaban J connectivity index is 2.17. The molecule has 1 atom stereocenters. The normalized spacial score (nSPS) is 19.3. The molecule has 0 saturated carbocycles. The van der Waals surface area contributed by atoms with Gasteiger partial charge in [-0.1, -0.05) is 39.8 Å². The number of Topliss-reactive ketones (excluding diaryl/α,β-unsaturated/α-hetero) is 1. The van der Waals surface area contributed by atoms with E-state index in [2.05, 4.69) is 15.9 Å². The highest BCUT2D eigenvalue weighted by atomic mass is 79.9. The van der Waals surface area contributed by atoms with Gasteiger partial charge in [0.25, 0.3) is 0 Å². The van der Waals surface area contributed by atoms with Gasteiger partial charge >= 0.3 is 5.97 Å². The number of halogens is 1. The van der Waals surface area contributed by atoms with Crippen LogP contribution < -0.4 is 0 Å². The number of hydrogen-bond donors (Lipinski definition) is 0. The van der Waals surface area contributed by atoms with Gasteiger partial charge in [-0.25, -0.2) is 4.79 Å². The van der Waals surface area contributed by atoms with Crippen LogP contribution in [0.4, 0.5) is 0 Å². The average Bonchev–Trinajstić information content (AvgIpc) is 2.75. The Hall–Kier alpha value is -1.60. The first-order valence-electron chi connectivity index (χ1n) is 7.07. The highest BCUT2D eigenvalue weighted by Gasteiger charge is 2.35. The van der Waals surface area contributed by atoms with Gasteiger partial charge in [0.05, 0.1) is 29.5 Å². The quantitative estimate of drug-likeness (QED) is 0.434. The molecule has 2 rings (SSSR count). The van der Waals surface area contributed by atoms with E-state index in [0.717, 1.165) is 4.47 Å². The minimum Gasteiger partial charge on any atom is -0.463 e. The summed E-state index contributed by atoms with van der Waals surface area (Å²) in [5.74, 6) is -0.885. The first-order chi connectivity index (χ1) is 10.9. The molecule has 7 heteroatoms. The van der Waals surface area contributed by atoms with Crippen LogP contribution in [0.1, 0.15) is 24.2 Å². The third-order valence-corrected chi connectivity index (χ3v) is 4.84. The fourth-order valence-corrected chi connectivity index (χ4v) is 3.35. The van der Waals surface area contributed by atoms with Crippen molar-refractivity contribution in [2.45, 2.75) is 19.1 Å². The Morgan fingerprint density at radius 1 is 1.35 bits per heavy atom. The van der Waals surface area contributed by atoms with Crippen molar-refractivity contribution in [1.29, 1.82) is 0 Å². The number of ketones is 1. The van der Waals surface area contributed by atoms with Crippen molar-refractivity contribution < 1.29 is 19.1 Å². The molecule has 23 heavy (non-hydrogen) atoms. The van der Waals surface area contributed by atoms with E-state index >= 15 is 0 Å². The van der Waals surface area contributed by atoms with Gasteiger partial charge in [0.1, 0.15) is 0 Å². The van der Waals surface area contributed by atoms with Gasteiger partial charge in [0, 0.05) is 10.0 Å². The molecule has 0 aliphatic carbocycles. The maximum Gasteiger partial charge on any atom is 0.333 e. The number of benzene rings is 1. The van der Waals surface area contributed by atoms with E-state index in [9.17, 15) is 14.4 Å². The van der Waals surface area contributed by atoms with Crippen molar-refractivity contribution in [1.82, 2.24) is 4.90 Å². The second kappa shape index (κ2) is 7.79. The Morgan fingerprint density at radius 2 is 2.00 bits per heavy atom. The highest BCUT2D eigenvalue weighted by Crippen LogP contribution is 2.34.